The van der Waals surface area contributed by atoms with Gasteiger partial charge in [0.25, 0.3) is 5.91 Å². The van der Waals surface area contributed by atoms with Crippen molar-refractivity contribution in [2.24, 2.45) is 0 Å². The fraction of sp³-hybridized carbons (Fsp3) is 0.357. The molecule has 0 saturated carbocycles. The molecule has 3 aromatic rings. The molecular formula is C14H14N4OS2. The lowest BCUT2D eigenvalue weighted by atomic mass is 9.97. The van der Waals surface area contributed by atoms with E-state index >= 15 is 0 Å². The van der Waals surface area contributed by atoms with Crippen molar-refractivity contribution in [3.8, 4) is 0 Å². The molecule has 5 nitrogen and oxygen atoms in total. The van der Waals surface area contributed by atoms with Gasteiger partial charge in [-0.3, -0.25) is 9.20 Å². The number of rotatable bonds is 2. The van der Waals surface area contributed by atoms with Crippen LogP contribution in [0.25, 0.3) is 4.96 Å². The minimum absolute atomic E-state index is 0.0194. The third-order valence-corrected chi connectivity index (χ3v) is 5.51. The predicted octanol–water partition coefficient (Wildman–Crippen LogP) is 2.97. The van der Waals surface area contributed by atoms with Gasteiger partial charge in [-0.05, 0) is 26.2 Å². The van der Waals surface area contributed by atoms with E-state index in [9.17, 15) is 4.79 Å². The highest BCUT2D eigenvalue weighted by atomic mass is 32.1. The number of carbonyl (C=O) groups excluding carboxylic acids is 1. The number of thiazole rings is 2. The van der Waals surface area contributed by atoms with Gasteiger partial charge in [0.05, 0.1) is 16.7 Å². The normalized spacial score (nSPS) is 17.9. The molecule has 0 aliphatic heterocycles. The Hall–Kier alpha value is -1.73. The number of nitrogens with zero attached hydrogens (tertiary/aromatic N) is 3. The molecule has 0 saturated heterocycles. The number of imidazole rings is 1. The van der Waals surface area contributed by atoms with E-state index in [0.717, 1.165) is 34.9 Å². The van der Waals surface area contributed by atoms with Crippen LogP contribution in [0.1, 0.15) is 45.0 Å². The van der Waals surface area contributed by atoms with Gasteiger partial charge in [0.1, 0.15) is 5.69 Å². The van der Waals surface area contributed by atoms with Crippen molar-refractivity contribution in [3.63, 3.8) is 0 Å². The SMILES string of the molecule is Cc1nc2c(s1)CCC[C@@H]2NC(=O)c1cn2ccsc2n1. The molecule has 0 radical (unpaired) electrons. The largest absolute Gasteiger partial charge is 0.342 e. The molecular weight excluding hydrogens is 304 g/mol. The molecule has 3 heterocycles. The Bertz CT molecular complexity index is 788. The predicted molar refractivity (Wildman–Crippen MR) is 83.1 cm³/mol. The average molecular weight is 318 g/mol. The highest BCUT2D eigenvalue weighted by Crippen LogP contribution is 2.33. The summed E-state index contributed by atoms with van der Waals surface area (Å²) in [7, 11) is 0. The van der Waals surface area contributed by atoms with Crippen molar-refractivity contribution in [2.45, 2.75) is 32.2 Å². The fourth-order valence-corrected chi connectivity index (χ4v) is 4.49. The average Bonchev–Trinajstić information content (AvgIpc) is 3.10. The highest BCUT2D eigenvalue weighted by molar-refractivity contribution is 7.15. The molecule has 0 unspecified atom stereocenters. The van der Waals surface area contributed by atoms with Crippen LogP contribution in [0.5, 0.6) is 0 Å². The number of aryl methyl sites for hydroxylation is 2. The Labute approximate surface area is 129 Å². The van der Waals surface area contributed by atoms with Gasteiger partial charge in [-0.15, -0.1) is 22.7 Å². The van der Waals surface area contributed by atoms with Crippen molar-refractivity contribution in [2.75, 3.05) is 0 Å². The first-order valence-corrected chi connectivity index (χ1v) is 8.59. The zero-order valence-corrected chi connectivity index (χ0v) is 13.1. The summed E-state index contributed by atoms with van der Waals surface area (Å²) in [4.78, 5) is 23.5. The summed E-state index contributed by atoms with van der Waals surface area (Å²) < 4.78 is 1.87. The van der Waals surface area contributed by atoms with Crippen LogP contribution in [0.2, 0.25) is 0 Å². The van der Waals surface area contributed by atoms with Crippen LogP contribution < -0.4 is 5.32 Å². The van der Waals surface area contributed by atoms with Crippen molar-refractivity contribution in [1.29, 1.82) is 0 Å². The van der Waals surface area contributed by atoms with Crippen molar-refractivity contribution in [1.82, 2.24) is 19.7 Å². The molecule has 21 heavy (non-hydrogen) atoms. The topological polar surface area (TPSA) is 59.3 Å². The lowest BCUT2D eigenvalue weighted by Gasteiger charge is -2.21. The molecule has 1 aliphatic rings. The third kappa shape index (κ3) is 2.26. The molecule has 3 aromatic heterocycles. The highest BCUT2D eigenvalue weighted by Gasteiger charge is 2.26. The Morgan fingerprint density at radius 3 is 3.24 bits per heavy atom. The van der Waals surface area contributed by atoms with Gasteiger partial charge >= 0.3 is 0 Å². The third-order valence-electron chi connectivity index (χ3n) is 3.69. The summed E-state index contributed by atoms with van der Waals surface area (Å²) in [6, 6.07) is 0.0194. The molecule has 0 aromatic carbocycles. The van der Waals surface area contributed by atoms with Crippen molar-refractivity contribution in [3.05, 3.63) is 39.0 Å². The Morgan fingerprint density at radius 1 is 1.48 bits per heavy atom. The van der Waals surface area contributed by atoms with Gasteiger partial charge in [0.15, 0.2) is 4.96 Å². The summed E-state index contributed by atoms with van der Waals surface area (Å²) in [5, 5.41) is 6.12. The lowest BCUT2D eigenvalue weighted by Crippen LogP contribution is -2.31. The minimum atomic E-state index is -0.116. The van der Waals surface area contributed by atoms with Crippen LogP contribution in [0.4, 0.5) is 0 Å². The van der Waals surface area contributed by atoms with Crippen molar-refractivity contribution >= 4 is 33.5 Å². The van der Waals surface area contributed by atoms with E-state index in [-0.39, 0.29) is 11.9 Å². The molecule has 0 fully saturated rings. The first-order valence-electron chi connectivity index (χ1n) is 6.90. The zero-order chi connectivity index (χ0) is 14.4. The zero-order valence-electron chi connectivity index (χ0n) is 11.5. The summed E-state index contributed by atoms with van der Waals surface area (Å²) >= 11 is 3.27. The number of nitrogens with one attached hydrogen (secondary N) is 1. The van der Waals surface area contributed by atoms with Crippen LogP contribution in [-0.4, -0.2) is 20.3 Å². The van der Waals surface area contributed by atoms with E-state index in [1.165, 1.54) is 16.2 Å². The number of amides is 1. The van der Waals surface area contributed by atoms with Crippen LogP contribution in [0.15, 0.2) is 17.8 Å². The number of hydrogen-bond acceptors (Lipinski definition) is 5. The molecule has 4 rings (SSSR count). The molecule has 1 aliphatic carbocycles. The first kappa shape index (κ1) is 13.0. The van der Waals surface area contributed by atoms with Crippen LogP contribution in [0.3, 0.4) is 0 Å². The summed E-state index contributed by atoms with van der Waals surface area (Å²) in [5.41, 5.74) is 1.53. The van der Waals surface area contributed by atoms with E-state index < -0.39 is 0 Å². The second-order valence-corrected chi connectivity index (χ2v) is 7.34. The van der Waals surface area contributed by atoms with Crippen LogP contribution in [0, 0.1) is 6.92 Å². The van der Waals surface area contributed by atoms with Gasteiger partial charge in [-0.2, -0.15) is 0 Å². The summed E-state index contributed by atoms with van der Waals surface area (Å²) in [6.45, 7) is 2.02. The summed E-state index contributed by atoms with van der Waals surface area (Å²) in [6.07, 6.45) is 6.80. The van der Waals surface area contributed by atoms with E-state index in [1.807, 2.05) is 22.9 Å². The maximum atomic E-state index is 12.4. The smallest absolute Gasteiger partial charge is 0.272 e. The quantitative estimate of drug-likeness (QED) is 0.790. The maximum Gasteiger partial charge on any atom is 0.272 e. The minimum Gasteiger partial charge on any atom is -0.342 e. The Kier molecular flexibility index (Phi) is 3.04. The number of fused-ring (bicyclic) bond motifs is 2. The molecule has 0 spiro atoms. The molecule has 0 bridgehead atoms. The lowest BCUT2D eigenvalue weighted by molar-refractivity contribution is 0.0927. The van der Waals surface area contributed by atoms with Gasteiger partial charge in [-0.25, -0.2) is 9.97 Å². The van der Waals surface area contributed by atoms with Gasteiger partial charge < -0.3 is 5.32 Å². The molecule has 1 N–H and O–H groups in total. The standard InChI is InChI=1S/C14H14N4OS2/c1-8-15-12-9(3-2-4-11(12)21-8)16-13(19)10-7-18-5-6-20-14(18)17-10/h5-7,9H,2-4H2,1H3,(H,16,19)/t9-/m0/s1. The van der Waals surface area contributed by atoms with Gasteiger partial charge in [0, 0.05) is 22.7 Å². The van der Waals surface area contributed by atoms with Crippen LogP contribution in [-0.2, 0) is 6.42 Å². The van der Waals surface area contributed by atoms with E-state index in [1.54, 1.807) is 17.5 Å². The van der Waals surface area contributed by atoms with Crippen LogP contribution >= 0.6 is 22.7 Å². The van der Waals surface area contributed by atoms with Crippen molar-refractivity contribution < 1.29 is 4.79 Å². The molecule has 1 atom stereocenters. The van der Waals surface area contributed by atoms with Gasteiger partial charge in [0.2, 0.25) is 0 Å². The number of aromatic nitrogens is 3. The first-order chi connectivity index (χ1) is 10.2. The Morgan fingerprint density at radius 2 is 2.38 bits per heavy atom. The monoisotopic (exact) mass is 318 g/mol. The van der Waals surface area contributed by atoms with E-state index in [2.05, 4.69) is 15.3 Å². The van der Waals surface area contributed by atoms with Gasteiger partial charge in [-0.1, -0.05) is 0 Å². The Balaban J connectivity index is 1.58. The number of carbonyl (C=O) groups is 1. The summed E-state index contributed by atoms with van der Waals surface area (Å²) in [5.74, 6) is -0.116. The second-order valence-electron chi connectivity index (χ2n) is 5.18. The van der Waals surface area contributed by atoms with E-state index in [4.69, 9.17) is 0 Å². The maximum absolute atomic E-state index is 12.4. The fourth-order valence-electron chi connectivity index (χ4n) is 2.75. The van der Waals surface area contributed by atoms with E-state index in [0.29, 0.717) is 5.69 Å². The molecule has 1 amide bonds. The second kappa shape index (κ2) is 4.92. The molecule has 108 valence electrons. The molecule has 7 heteroatoms. The number of hydrogen-bond donors (Lipinski definition) is 1.